The normalized spacial score (nSPS) is 11.2. The van der Waals surface area contributed by atoms with Gasteiger partial charge >= 0.3 is 6.09 Å². The number of carbonyl (C=O) groups is 1. The van der Waals surface area contributed by atoms with Gasteiger partial charge in [0.05, 0.1) is 11.7 Å². The first-order valence-electron chi connectivity index (χ1n) is 10.8. The van der Waals surface area contributed by atoms with Gasteiger partial charge in [-0.25, -0.2) is 14.5 Å². The Kier molecular flexibility index (Phi) is 6.97. The van der Waals surface area contributed by atoms with Crippen molar-refractivity contribution < 1.29 is 14.6 Å². The molecular formula is C25H27N5O3. The molecule has 1 amide bonds. The summed E-state index contributed by atoms with van der Waals surface area (Å²) in [5.41, 5.74) is 4.12. The van der Waals surface area contributed by atoms with Crippen LogP contribution in [0.25, 0.3) is 11.0 Å². The molecule has 2 aromatic carbocycles. The summed E-state index contributed by atoms with van der Waals surface area (Å²) in [6.45, 7) is 5.24. The van der Waals surface area contributed by atoms with Crippen LogP contribution in [0, 0.1) is 6.92 Å². The van der Waals surface area contributed by atoms with E-state index in [1.165, 1.54) is 5.12 Å². The molecule has 8 heteroatoms. The number of imidazole rings is 1. The second kappa shape index (κ2) is 10.2. The van der Waals surface area contributed by atoms with Crippen molar-refractivity contribution in [1.29, 1.82) is 0 Å². The van der Waals surface area contributed by atoms with Crippen molar-refractivity contribution in [2.75, 3.05) is 11.7 Å². The molecule has 2 heterocycles. The highest BCUT2D eigenvalue weighted by molar-refractivity contribution is 5.83. The van der Waals surface area contributed by atoms with E-state index in [0.29, 0.717) is 36.6 Å². The molecule has 4 aromatic rings. The number of nitrogens with zero attached hydrogens (tertiary/aromatic N) is 5. The van der Waals surface area contributed by atoms with Crippen molar-refractivity contribution >= 4 is 17.1 Å². The fraction of sp³-hybridized carbons (Fsp3) is 0.240. The quantitative estimate of drug-likeness (QED) is 0.382. The molecule has 8 nitrogen and oxygen atoms in total. The number of hydrazine groups is 1. The van der Waals surface area contributed by atoms with Crippen molar-refractivity contribution in [3.8, 4) is 0 Å². The fourth-order valence-electron chi connectivity index (χ4n) is 3.82. The van der Waals surface area contributed by atoms with Crippen LogP contribution in [0.3, 0.4) is 0 Å². The fourth-order valence-corrected chi connectivity index (χ4v) is 3.82. The first kappa shape index (κ1) is 22.4. The number of aryl methyl sites for hydroxylation is 1. The number of rotatable bonds is 9. The summed E-state index contributed by atoms with van der Waals surface area (Å²) in [5, 5.41) is 13.5. The van der Waals surface area contributed by atoms with Crippen LogP contribution in [0.15, 0.2) is 73.1 Å². The van der Waals surface area contributed by atoms with Gasteiger partial charge in [-0.3, -0.25) is 4.98 Å². The first-order chi connectivity index (χ1) is 16.1. The molecule has 0 radical (unpaired) electrons. The Hall–Kier alpha value is -3.75. The summed E-state index contributed by atoms with van der Waals surface area (Å²) in [6.07, 6.45) is 2.24. The minimum atomic E-state index is -1.12. The number of benzene rings is 2. The van der Waals surface area contributed by atoms with E-state index in [2.05, 4.69) is 9.97 Å². The van der Waals surface area contributed by atoms with E-state index < -0.39 is 6.09 Å². The van der Waals surface area contributed by atoms with Gasteiger partial charge in [-0.2, -0.15) is 5.01 Å². The van der Waals surface area contributed by atoms with Crippen LogP contribution in [0.2, 0.25) is 0 Å². The van der Waals surface area contributed by atoms with E-state index in [0.717, 1.165) is 16.7 Å². The molecule has 1 N–H and O–H groups in total. The van der Waals surface area contributed by atoms with Gasteiger partial charge < -0.3 is 9.84 Å². The first-order valence-corrected chi connectivity index (χ1v) is 10.8. The Bertz CT molecular complexity index is 1170. The maximum absolute atomic E-state index is 12.8. The zero-order valence-corrected chi connectivity index (χ0v) is 18.8. The maximum Gasteiger partial charge on any atom is 0.442 e. The molecular weight excluding hydrogens is 418 g/mol. The lowest BCUT2D eigenvalue weighted by molar-refractivity contribution is 0.110. The zero-order valence-electron chi connectivity index (χ0n) is 18.8. The molecule has 2 aromatic heterocycles. The molecule has 0 bridgehead atoms. The number of pyridine rings is 1. The summed E-state index contributed by atoms with van der Waals surface area (Å²) in [6, 6.07) is 19.6. The third-order valence-electron chi connectivity index (χ3n) is 5.27. The van der Waals surface area contributed by atoms with Crippen LogP contribution >= 0.6 is 0 Å². The van der Waals surface area contributed by atoms with Crippen molar-refractivity contribution in [1.82, 2.24) is 19.7 Å². The lowest BCUT2D eigenvalue weighted by Crippen LogP contribution is -2.52. The van der Waals surface area contributed by atoms with Crippen LogP contribution in [0.5, 0.6) is 0 Å². The van der Waals surface area contributed by atoms with Crippen molar-refractivity contribution in [2.24, 2.45) is 0 Å². The van der Waals surface area contributed by atoms with Crippen LogP contribution in [0.1, 0.15) is 29.4 Å². The van der Waals surface area contributed by atoms with Gasteiger partial charge in [-0.05, 0) is 30.5 Å². The molecule has 0 aliphatic carbocycles. The van der Waals surface area contributed by atoms with Crippen molar-refractivity contribution in [3.63, 3.8) is 0 Å². The Balaban J connectivity index is 1.86. The Morgan fingerprint density at radius 3 is 2.15 bits per heavy atom. The molecule has 0 saturated heterocycles. The number of carboxylic acid groups (broad SMARTS) is 1. The monoisotopic (exact) mass is 445 g/mol. The van der Waals surface area contributed by atoms with Gasteiger partial charge in [-0.15, -0.1) is 5.12 Å². The standard InChI is InChI=1S/C25H27N5O3/c1-3-33-18-23-27-22-15-26-14-19(2)24(22)29(23)30(25(31)32)28(16-20-10-6-4-7-11-20)17-21-12-8-5-9-13-21/h4-15H,3,16-18H2,1-2H3,(H,31,32). The molecule has 0 aliphatic rings. The molecule has 0 aliphatic heterocycles. The van der Waals surface area contributed by atoms with Crippen LogP contribution in [-0.2, 0) is 24.4 Å². The zero-order chi connectivity index (χ0) is 23.2. The minimum Gasteiger partial charge on any atom is -0.463 e. The minimum absolute atomic E-state index is 0.179. The summed E-state index contributed by atoms with van der Waals surface area (Å²) in [5.74, 6) is 0.497. The SMILES string of the molecule is CCOCc1nc2cncc(C)c2n1N(C(=O)O)N(Cc1ccccc1)Cc1ccccc1. The number of amides is 1. The maximum atomic E-state index is 12.8. The lowest BCUT2D eigenvalue weighted by atomic mass is 10.2. The number of hydrogen-bond acceptors (Lipinski definition) is 5. The molecule has 170 valence electrons. The van der Waals surface area contributed by atoms with E-state index >= 15 is 0 Å². The van der Waals surface area contributed by atoms with Gasteiger partial charge in [0, 0.05) is 25.9 Å². The van der Waals surface area contributed by atoms with Gasteiger partial charge in [0.1, 0.15) is 12.1 Å². The second-order valence-corrected chi connectivity index (χ2v) is 7.67. The largest absolute Gasteiger partial charge is 0.463 e. The molecule has 0 spiro atoms. The van der Waals surface area contributed by atoms with E-state index in [1.807, 2.05) is 74.5 Å². The highest BCUT2D eigenvalue weighted by Crippen LogP contribution is 2.23. The summed E-state index contributed by atoms with van der Waals surface area (Å²) in [7, 11) is 0. The van der Waals surface area contributed by atoms with E-state index in [4.69, 9.17) is 4.74 Å². The predicted octanol–water partition coefficient (Wildman–Crippen LogP) is 4.51. The predicted molar refractivity (Wildman–Crippen MR) is 126 cm³/mol. The lowest BCUT2D eigenvalue weighted by Gasteiger charge is -2.34. The number of ether oxygens (including phenoxy) is 1. The van der Waals surface area contributed by atoms with Crippen molar-refractivity contribution in [3.05, 3.63) is 95.6 Å². The average Bonchev–Trinajstić information content (AvgIpc) is 3.18. The van der Waals surface area contributed by atoms with Gasteiger partial charge in [0.15, 0.2) is 5.82 Å². The number of hydrogen-bond donors (Lipinski definition) is 1. The van der Waals surface area contributed by atoms with Crippen LogP contribution < -0.4 is 5.12 Å². The number of fused-ring (bicyclic) bond motifs is 1. The molecule has 0 atom stereocenters. The van der Waals surface area contributed by atoms with Crippen LogP contribution in [-0.4, -0.2) is 37.5 Å². The third-order valence-corrected chi connectivity index (χ3v) is 5.27. The summed E-state index contributed by atoms with van der Waals surface area (Å²) >= 11 is 0. The average molecular weight is 446 g/mol. The summed E-state index contributed by atoms with van der Waals surface area (Å²) in [4.78, 5) is 21.7. The highest BCUT2D eigenvalue weighted by atomic mass is 16.5. The topological polar surface area (TPSA) is 83.7 Å². The Labute approximate surface area is 192 Å². The van der Waals surface area contributed by atoms with E-state index in [1.54, 1.807) is 22.1 Å². The van der Waals surface area contributed by atoms with Gasteiger partial charge in [0.2, 0.25) is 0 Å². The third kappa shape index (κ3) is 5.02. The summed E-state index contributed by atoms with van der Waals surface area (Å²) < 4.78 is 7.27. The Morgan fingerprint density at radius 1 is 1.00 bits per heavy atom. The molecule has 0 fully saturated rings. The second-order valence-electron chi connectivity index (χ2n) is 7.67. The number of aromatic nitrogens is 3. The van der Waals surface area contributed by atoms with E-state index in [9.17, 15) is 9.90 Å². The van der Waals surface area contributed by atoms with Gasteiger partial charge in [-0.1, -0.05) is 60.7 Å². The van der Waals surface area contributed by atoms with E-state index in [-0.39, 0.29) is 6.61 Å². The Morgan fingerprint density at radius 2 is 1.61 bits per heavy atom. The smallest absolute Gasteiger partial charge is 0.442 e. The van der Waals surface area contributed by atoms with Gasteiger partial charge in [0.25, 0.3) is 0 Å². The molecule has 4 rings (SSSR count). The highest BCUT2D eigenvalue weighted by Gasteiger charge is 2.29. The molecule has 0 unspecified atom stereocenters. The molecule has 0 saturated carbocycles. The molecule has 33 heavy (non-hydrogen) atoms. The van der Waals surface area contributed by atoms with Crippen molar-refractivity contribution in [2.45, 2.75) is 33.5 Å². The van der Waals surface area contributed by atoms with Crippen LogP contribution in [0.4, 0.5) is 4.79 Å².